The molecule has 1 aromatic heterocycles. The molecule has 0 bridgehead atoms. The van der Waals surface area contributed by atoms with Crippen molar-refractivity contribution >= 4 is 23.6 Å². The Balaban J connectivity index is 1.43. The van der Waals surface area contributed by atoms with Gasteiger partial charge in [0.1, 0.15) is 11.1 Å². The van der Waals surface area contributed by atoms with Gasteiger partial charge in [0.05, 0.1) is 18.6 Å². The molecule has 0 radical (unpaired) electrons. The number of amides is 2. The van der Waals surface area contributed by atoms with Crippen molar-refractivity contribution in [2.75, 3.05) is 5.75 Å². The lowest BCUT2D eigenvalue weighted by Crippen LogP contribution is -2.27. The first-order valence-electron chi connectivity index (χ1n) is 9.06. The van der Waals surface area contributed by atoms with Crippen LogP contribution in [-0.4, -0.2) is 22.5 Å². The van der Waals surface area contributed by atoms with Crippen LogP contribution in [0.4, 0.5) is 0 Å². The molecule has 2 amide bonds. The minimum Gasteiger partial charge on any atom is -0.467 e. The van der Waals surface area contributed by atoms with E-state index in [4.69, 9.17) is 4.42 Å². The molecule has 3 aromatic rings. The number of rotatable bonds is 6. The summed E-state index contributed by atoms with van der Waals surface area (Å²) in [5, 5.41) is 2.80. The molecule has 1 aliphatic rings. The molecule has 1 saturated heterocycles. The van der Waals surface area contributed by atoms with Crippen molar-refractivity contribution in [1.29, 1.82) is 0 Å². The zero-order valence-electron chi connectivity index (χ0n) is 15.2. The van der Waals surface area contributed by atoms with E-state index in [2.05, 4.69) is 5.32 Å². The fourth-order valence-corrected chi connectivity index (χ4v) is 4.35. The van der Waals surface area contributed by atoms with Crippen molar-refractivity contribution in [2.24, 2.45) is 0 Å². The number of hydrogen-bond acceptors (Lipinski definition) is 4. The maximum absolute atomic E-state index is 12.4. The van der Waals surface area contributed by atoms with Gasteiger partial charge in [-0.05, 0) is 35.4 Å². The van der Waals surface area contributed by atoms with E-state index in [9.17, 15) is 9.59 Å². The van der Waals surface area contributed by atoms with Gasteiger partial charge < -0.3 is 14.6 Å². The van der Waals surface area contributed by atoms with E-state index in [0.29, 0.717) is 30.2 Å². The highest BCUT2D eigenvalue weighted by atomic mass is 32.2. The maximum atomic E-state index is 12.4. The first-order valence-corrected chi connectivity index (χ1v) is 10.1. The second-order valence-electron chi connectivity index (χ2n) is 6.55. The van der Waals surface area contributed by atoms with E-state index in [1.807, 2.05) is 53.4 Å². The van der Waals surface area contributed by atoms with Gasteiger partial charge in [0.15, 0.2) is 0 Å². The maximum Gasteiger partial charge on any atom is 0.251 e. The third-order valence-corrected chi connectivity index (χ3v) is 5.88. The standard InChI is InChI=1S/C22H20N2O3S/c25-20-15-28-22(24(20)14-16-5-2-1-3-6-16)18-10-8-17(9-11-18)21(26)23-13-19-7-4-12-27-19/h1-12,22H,13-15H2,(H,23,26)/t22-/m0/s1. The number of furan rings is 1. The molecule has 1 atom stereocenters. The van der Waals surface area contributed by atoms with Gasteiger partial charge in [0.25, 0.3) is 5.91 Å². The van der Waals surface area contributed by atoms with Crippen LogP contribution in [0, 0.1) is 0 Å². The fourth-order valence-electron chi connectivity index (χ4n) is 3.16. The Labute approximate surface area is 167 Å². The normalized spacial score (nSPS) is 16.4. The minimum atomic E-state index is -0.153. The summed E-state index contributed by atoms with van der Waals surface area (Å²) in [6.07, 6.45) is 1.58. The van der Waals surface area contributed by atoms with Crippen molar-refractivity contribution in [3.63, 3.8) is 0 Å². The summed E-state index contributed by atoms with van der Waals surface area (Å²) in [5.41, 5.74) is 2.71. The van der Waals surface area contributed by atoms with Gasteiger partial charge in [-0.2, -0.15) is 0 Å². The average molecular weight is 392 g/mol. The van der Waals surface area contributed by atoms with Gasteiger partial charge in [-0.15, -0.1) is 11.8 Å². The van der Waals surface area contributed by atoms with E-state index in [-0.39, 0.29) is 17.2 Å². The molecule has 0 saturated carbocycles. The highest BCUT2D eigenvalue weighted by Gasteiger charge is 2.32. The lowest BCUT2D eigenvalue weighted by atomic mass is 10.1. The lowest BCUT2D eigenvalue weighted by Gasteiger charge is -2.24. The Hall–Kier alpha value is -2.99. The Morgan fingerprint density at radius 3 is 2.57 bits per heavy atom. The van der Waals surface area contributed by atoms with Crippen molar-refractivity contribution in [3.05, 3.63) is 95.4 Å². The van der Waals surface area contributed by atoms with Gasteiger partial charge >= 0.3 is 0 Å². The zero-order valence-corrected chi connectivity index (χ0v) is 16.0. The Kier molecular flexibility index (Phi) is 5.48. The average Bonchev–Trinajstić information content (AvgIpc) is 3.38. The molecule has 1 aliphatic heterocycles. The predicted octanol–water partition coefficient (Wildman–Crippen LogP) is 3.98. The number of carbonyl (C=O) groups excluding carboxylic acids is 2. The molecule has 0 aliphatic carbocycles. The second kappa shape index (κ2) is 8.35. The molecule has 142 valence electrons. The number of hydrogen-bond donors (Lipinski definition) is 1. The topological polar surface area (TPSA) is 62.6 Å². The molecule has 0 unspecified atom stereocenters. The monoisotopic (exact) mass is 392 g/mol. The van der Waals surface area contributed by atoms with Gasteiger partial charge in [-0.1, -0.05) is 42.5 Å². The van der Waals surface area contributed by atoms with E-state index in [0.717, 1.165) is 11.1 Å². The summed E-state index contributed by atoms with van der Waals surface area (Å²) in [4.78, 5) is 26.6. The molecular formula is C22H20N2O3S. The number of thioether (sulfide) groups is 1. The van der Waals surface area contributed by atoms with Crippen LogP contribution in [0.25, 0.3) is 0 Å². The van der Waals surface area contributed by atoms with E-state index >= 15 is 0 Å². The number of benzene rings is 2. The van der Waals surface area contributed by atoms with E-state index in [1.165, 1.54) is 0 Å². The molecule has 2 aromatic carbocycles. The summed E-state index contributed by atoms with van der Waals surface area (Å²) < 4.78 is 5.22. The SMILES string of the molecule is O=C(NCc1ccco1)c1ccc([C@@H]2SCC(=O)N2Cc2ccccc2)cc1. The van der Waals surface area contributed by atoms with Crippen LogP contribution in [0.5, 0.6) is 0 Å². The molecule has 5 nitrogen and oxygen atoms in total. The van der Waals surface area contributed by atoms with Crippen LogP contribution in [0.15, 0.2) is 77.4 Å². The number of nitrogens with one attached hydrogen (secondary N) is 1. The van der Waals surface area contributed by atoms with Gasteiger partial charge in [-0.3, -0.25) is 9.59 Å². The van der Waals surface area contributed by atoms with Crippen LogP contribution in [0.3, 0.4) is 0 Å². The fraction of sp³-hybridized carbons (Fsp3) is 0.182. The number of carbonyl (C=O) groups is 2. The Morgan fingerprint density at radius 2 is 1.86 bits per heavy atom. The van der Waals surface area contributed by atoms with Crippen LogP contribution in [-0.2, 0) is 17.9 Å². The summed E-state index contributed by atoms with van der Waals surface area (Å²) in [7, 11) is 0. The van der Waals surface area contributed by atoms with Crippen LogP contribution in [0.2, 0.25) is 0 Å². The Morgan fingerprint density at radius 1 is 1.07 bits per heavy atom. The molecular weight excluding hydrogens is 372 g/mol. The molecule has 1 fully saturated rings. The first-order chi connectivity index (χ1) is 13.7. The van der Waals surface area contributed by atoms with Crippen molar-refractivity contribution in [3.8, 4) is 0 Å². The predicted molar refractivity (Wildman–Crippen MR) is 109 cm³/mol. The highest BCUT2D eigenvalue weighted by molar-refractivity contribution is 8.00. The second-order valence-corrected chi connectivity index (χ2v) is 7.62. The summed E-state index contributed by atoms with van der Waals surface area (Å²) >= 11 is 1.62. The van der Waals surface area contributed by atoms with Gasteiger partial charge in [0.2, 0.25) is 5.91 Å². The first kappa shape index (κ1) is 18.4. The molecule has 0 spiro atoms. The minimum absolute atomic E-state index is 0.0343. The third-order valence-electron chi connectivity index (χ3n) is 4.63. The van der Waals surface area contributed by atoms with Crippen molar-refractivity contribution in [1.82, 2.24) is 10.2 Å². The largest absolute Gasteiger partial charge is 0.467 e. The van der Waals surface area contributed by atoms with Crippen molar-refractivity contribution < 1.29 is 14.0 Å². The summed E-state index contributed by atoms with van der Waals surface area (Å²) in [6, 6.07) is 21.1. The quantitative estimate of drug-likeness (QED) is 0.689. The van der Waals surface area contributed by atoms with Crippen LogP contribution >= 0.6 is 11.8 Å². The van der Waals surface area contributed by atoms with Crippen LogP contribution in [0.1, 0.15) is 32.6 Å². The zero-order chi connectivity index (χ0) is 19.3. The van der Waals surface area contributed by atoms with Crippen molar-refractivity contribution in [2.45, 2.75) is 18.5 Å². The smallest absolute Gasteiger partial charge is 0.251 e. The summed E-state index contributed by atoms with van der Waals surface area (Å²) in [5.74, 6) is 1.17. The van der Waals surface area contributed by atoms with E-state index in [1.54, 1.807) is 36.2 Å². The van der Waals surface area contributed by atoms with E-state index < -0.39 is 0 Å². The van der Waals surface area contributed by atoms with Gasteiger partial charge in [0, 0.05) is 12.1 Å². The van der Waals surface area contributed by atoms with Crippen LogP contribution < -0.4 is 5.32 Å². The molecule has 2 heterocycles. The van der Waals surface area contributed by atoms with Gasteiger partial charge in [-0.25, -0.2) is 0 Å². The molecule has 28 heavy (non-hydrogen) atoms. The summed E-state index contributed by atoms with van der Waals surface area (Å²) in [6.45, 7) is 0.939. The Bertz CT molecular complexity index is 940. The molecule has 6 heteroatoms. The highest BCUT2D eigenvalue weighted by Crippen LogP contribution is 2.39. The molecule has 4 rings (SSSR count). The number of nitrogens with zero attached hydrogens (tertiary/aromatic N) is 1. The lowest BCUT2D eigenvalue weighted by molar-refractivity contribution is -0.128. The molecule has 1 N–H and O–H groups in total. The third kappa shape index (κ3) is 4.12.